The number of fused-ring (bicyclic) bond motifs is 1. The van der Waals surface area contributed by atoms with Gasteiger partial charge in [-0.05, 0) is 19.8 Å². The molecule has 2 aliphatic rings. The van der Waals surface area contributed by atoms with Crippen LogP contribution in [0.4, 0.5) is 0 Å². The van der Waals surface area contributed by atoms with Crippen LogP contribution >= 0.6 is 0 Å². The van der Waals surface area contributed by atoms with E-state index in [1.165, 1.54) is 0 Å². The molecule has 0 aliphatic carbocycles. The van der Waals surface area contributed by atoms with Crippen LogP contribution in [-0.4, -0.2) is 46.3 Å². The molecule has 7 heteroatoms. The molecule has 3 heterocycles. The van der Waals surface area contributed by atoms with Crippen molar-refractivity contribution in [3.8, 4) is 0 Å². The summed E-state index contributed by atoms with van der Waals surface area (Å²) >= 11 is 0. The van der Waals surface area contributed by atoms with Gasteiger partial charge in [0.2, 0.25) is 5.91 Å². The number of aromatic carboxylic acids is 1. The molecular weight excluding hydrogens is 276 g/mol. The van der Waals surface area contributed by atoms with Crippen LogP contribution in [0.1, 0.15) is 41.6 Å². The van der Waals surface area contributed by atoms with Crippen molar-refractivity contribution >= 4 is 11.9 Å². The molecule has 0 unspecified atom stereocenters. The Morgan fingerprint density at radius 3 is 2.95 bits per heavy atom. The maximum absolute atomic E-state index is 12.6. The largest absolute Gasteiger partial charge is 0.476 e. The molecule has 0 bridgehead atoms. The van der Waals surface area contributed by atoms with Crippen LogP contribution in [0.15, 0.2) is 4.52 Å². The van der Waals surface area contributed by atoms with E-state index in [2.05, 4.69) is 5.16 Å². The summed E-state index contributed by atoms with van der Waals surface area (Å²) in [5.41, 5.74) is 0.432. The van der Waals surface area contributed by atoms with Crippen molar-refractivity contribution in [1.82, 2.24) is 10.1 Å². The van der Waals surface area contributed by atoms with E-state index in [0.717, 1.165) is 12.8 Å². The molecular formula is C14H18N2O5. The fourth-order valence-corrected chi connectivity index (χ4v) is 3.05. The minimum atomic E-state index is -1.12. The normalized spacial score (nSPS) is 25.5. The van der Waals surface area contributed by atoms with E-state index in [4.69, 9.17) is 14.4 Å². The minimum absolute atomic E-state index is 0.0328. The van der Waals surface area contributed by atoms with Crippen molar-refractivity contribution in [3.05, 3.63) is 17.0 Å². The van der Waals surface area contributed by atoms with Crippen LogP contribution in [0.5, 0.6) is 0 Å². The monoisotopic (exact) mass is 294 g/mol. The van der Waals surface area contributed by atoms with Crippen molar-refractivity contribution in [1.29, 1.82) is 0 Å². The summed E-state index contributed by atoms with van der Waals surface area (Å²) in [4.78, 5) is 25.4. The number of carboxylic acids is 1. The van der Waals surface area contributed by atoms with E-state index in [1.54, 1.807) is 4.90 Å². The zero-order valence-corrected chi connectivity index (χ0v) is 11.9. The first-order chi connectivity index (χ1) is 10.1. The second kappa shape index (κ2) is 5.48. The van der Waals surface area contributed by atoms with E-state index < -0.39 is 5.97 Å². The zero-order chi connectivity index (χ0) is 15.0. The highest BCUT2D eigenvalue weighted by Gasteiger charge is 2.35. The van der Waals surface area contributed by atoms with Crippen molar-refractivity contribution in [3.63, 3.8) is 0 Å². The fraction of sp³-hybridized carbons (Fsp3) is 0.643. The molecule has 1 aromatic rings. The second-order valence-corrected chi connectivity index (χ2v) is 5.57. The average Bonchev–Trinajstić information content (AvgIpc) is 2.90. The molecule has 1 amide bonds. The Labute approximate surface area is 121 Å². The lowest BCUT2D eigenvalue weighted by Crippen LogP contribution is -2.45. The number of aromatic nitrogens is 1. The van der Waals surface area contributed by atoms with Gasteiger partial charge in [-0.3, -0.25) is 4.79 Å². The molecule has 3 rings (SSSR count). The number of carboxylic acid groups (broad SMARTS) is 1. The minimum Gasteiger partial charge on any atom is -0.476 e. The lowest BCUT2D eigenvalue weighted by molar-refractivity contribution is -0.145. The third-order valence-corrected chi connectivity index (χ3v) is 4.27. The maximum Gasteiger partial charge on any atom is 0.358 e. The Balaban J connectivity index is 1.77. The van der Waals surface area contributed by atoms with Gasteiger partial charge in [0.1, 0.15) is 5.76 Å². The molecule has 1 aromatic heterocycles. The highest BCUT2D eigenvalue weighted by Crippen LogP contribution is 2.27. The molecule has 114 valence electrons. The van der Waals surface area contributed by atoms with E-state index in [-0.39, 0.29) is 30.2 Å². The Morgan fingerprint density at radius 1 is 1.43 bits per heavy atom. The van der Waals surface area contributed by atoms with Gasteiger partial charge in [0.05, 0.1) is 18.6 Å². The molecule has 0 saturated carbocycles. The van der Waals surface area contributed by atoms with Crippen LogP contribution in [0.2, 0.25) is 0 Å². The van der Waals surface area contributed by atoms with Gasteiger partial charge < -0.3 is 19.3 Å². The van der Waals surface area contributed by atoms with Crippen molar-refractivity contribution in [2.24, 2.45) is 5.92 Å². The van der Waals surface area contributed by atoms with Crippen molar-refractivity contribution < 1.29 is 24.0 Å². The number of carbonyl (C=O) groups is 2. The quantitative estimate of drug-likeness (QED) is 0.877. The molecule has 0 aromatic carbocycles. The predicted octanol–water partition coefficient (Wildman–Crippen LogP) is 1.07. The van der Waals surface area contributed by atoms with E-state index >= 15 is 0 Å². The average molecular weight is 294 g/mol. The third-order valence-electron chi connectivity index (χ3n) is 4.27. The topological polar surface area (TPSA) is 92.9 Å². The van der Waals surface area contributed by atoms with Crippen LogP contribution in [0, 0.1) is 5.92 Å². The lowest BCUT2D eigenvalue weighted by Gasteiger charge is -2.34. The summed E-state index contributed by atoms with van der Waals surface area (Å²) in [5, 5.41) is 12.7. The number of amides is 1. The van der Waals surface area contributed by atoms with Crippen LogP contribution in [0.25, 0.3) is 0 Å². The number of nitrogens with zero attached hydrogens (tertiary/aromatic N) is 2. The van der Waals surface area contributed by atoms with Crippen LogP contribution < -0.4 is 0 Å². The number of hydrogen-bond acceptors (Lipinski definition) is 5. The van der Waals surface area contributed by atoms with E-state index in [9.17, 15) is 9.59 Å². The molecule has 7 nitrogen and oxygen atoms in total. The lowest BCUT2D eigenvalue weighted by atomic mass is 9.92. The van der Waals surface area contributed by atoms with Gasteiger partial charge in [0.15, 0.2) is 5.69 Å². The fourth-order valence-electron chi connectivity index (χ4n) is 3.05. The number of ether oxygens (including phenoxy) is 1. The summed E-state index contributed by atoms with van der Waals surface area (Å²) in [5.74, 6) is -0.660. The summed E-state index contributed by atoms with van der Waals surface area (Å²) in [7, 11) is 0. The first-order valence-electron chi connectivity index (χ1n) is 7.19. The highest BCUT2D eigenvalue weighted by atomic mass is 16.5. The Morgan fingerprint density at radius 2 is 2.24 bits per heavy atom. The molecule has 21 heavy (non-hydrogen) atoms. The summed E-state index contributed by atoms with van der Waals surface area (Å²) < 4.78 is 10.6. The Kier molecular flexibility index (Phi) is 3.67. The summed E-state index contributed by atoms with van der Waals surface area (Å²) in [6.45, 7) is 3.40. The van der Waals surface area contributed by atoms with Gasteiger partial charge >= 0.3 is 5.97 Å². The van der Waals surface area contributed by atoms with Gasteiger partial charge in [-0.15, -0.1) is 0 Å². The molecule has 1 N–H and O–H groups in total. The molecule has 2 aliphatic heterocycles. The smallest absolute Gasteiger partial charge is 0.358 e. The van der Waals surface area contributed by atoms with Gasteiger partial charge in [-0.25, -0.2) is 4.79 Å². The number of rotatable bonds is 2. The SMILES string of the molecule is C[C@@H]1OCCC[C@@H]1C(=O)N1CCc2onc(C(=O)O)c2C1. The maximum atomic E-state index is 12.6. The molecule has 1 saturated heterocycles. The van der Waals surface area contributed by atoms with Crippen molar-refractivity contribution in [2.45, 2.75) is 38.8 Å². The van der Waals surface area contributed by atoms with Crippen LogP contribution in [-0.2, 0) is 22.5 Å². The highest BCUT2D eigenvalue weighted by molar-refractivity contribution is 5.87. The van der Waals surface area contributed by atoms with Gasteiger partial charge in [-0.2, -0.15) is 0 Å². The molecule has 0 spiro atoms. The Hall–Kier alpha value is -1.89. The summed E-state index contributed by atoms with van der Waals surface area (Å²) in [6, 6.07) is 0. The molecule has 2 atom stereocenters. The Bertz CT molecular complexity index is 568. The second-order valence-electron chi connectivity index (χ2n) is 5.57. The zero-order valence-electron chi connectivity index (χ0n) is 11.9. The van der Waals surface area contributed by atoms with Gasteiger partial charge in [0.25, 0.3) is 0 Å². The number of carbonyl (C=O) groups excluding carboxylic acids is 1. The third kappa shape index (κ3) is 2.53. The van der Waals surface area contributed by atoms with E-state index in [1.807, 2.05) is 6.92 Å². The molecule has 0 radical (unpaired) electrons. The standard InChI is InChI=1S/C14H18N2O5/c1-8-9(3-2-6-20-8)13(17)16-5-4-11-10(7-16)12(14(18)19)15-21-11/h8-9H,2-7H2,1H3,(H,18,19)/t8-,9-/m0/s1. The molecule has 1 fully saturated rings. The van der Waals surface area contributed by atoms with Gasteiger partial charge in [0, 0.05) is 25.1 Å². The number of hydrogen-bond donors (Lipinski definition) is 1. The predicted molar refractivity (Wildman–Crippen MR) is 70.7 cm³/mol. The first kappa shape index (κ1) is 14.1. The van der Waals surface area contributed by atoms with Crippen LogP contribution in [0.3, 0.4) is 0 Å². The van der Waals surface area contributed by atoms with E-state index in [0.29, 0.717) is 30.9 Å². The van der Waals surface area contributed by atoms with Crippen molar-refractivity contribution in [2.75, 3.05) is 13.2 Å². The van der Waals surface area contributed by atoms with Gasteiger partial charge in [-0.1, -0.05) is 5.16 Å². The summed E-state index contributed by atoms with van der Waals surface area (Å²) in [6.07, 6.45) is 2.12. The first-order valence-corrected chi connectivity index (χ1v) is 7.19.